The molecule has 0 radical (unpaired) electrons. The van der Waals surface area contributed by atoms with Gasteiger partial charge in [-0.2, -0.15) is 0 Å². The van der Waals surface area contributed by atoms with Crippen LogP contribution in [0.15, 0.2) is 42.5 Å². The molecule has 0 saturated heterocycles. The molecule has 0 saturated carbocycles. The predicted octanol–water partition coefficient (Wildman–Crippen LogP) is 4.61. The van der Waals surface area contributed by atoms with E-state index in [2.05, 4.69) is 15.3 Å². The van der Waals surface area contributed by atoms with Crippen LogP contribution in [0.2, 0.25) is 10.0 Å². The van der Waals surface area contributed by atoms with Gasteiger partial charge >= 0.3 is 0 Å². The minimum Gasteiger partial charge on any atom is -0.326 e. The lowest BCUT2D eigenvalue weighted by molar-refractivity contribution is 1.31. The fourth-order valence-corrected chi connectivity index (χ4v) is 2.30. The van der Waals surface area contributed by atoms with Gasteiger partial charge in [0.25, 0.3) is 0 Å². The molecule has 2 aromatic carbocycles. The molecular formula is C13H9Cl2N3. The summed E-state index contributed by atoms with van der Waals surface area (Å²) in [5.41, 5.74) is 2.69. The van der Waals surface area contributed by atoms with Gasteiger partial charge in [0.05, 0.1) is 11.0 Å². The van der Waals surface area contributed by atoms with Crippen LogP contribution in [-0.2, 0) is 0 Å². The summed E-state index contributed by atoms with van der Waals surface area (Å²) in [7, 11) is 0. The van der Waals surface area contributed by atoms with Crippen molar-refractivity contribution >= 4 is 45.9 Å². The number of hydrogen-bond donors (Lipinski definition) is 2. The van der Waals surface area contributed by atoms with Gasteiger partial charge in [-0.25, -0.2) is 4.98 Å². The van der Waals surface area contributed by atoms with Crippen LogP contribution >= 0.6 is 23.2 Å². The number of halogens is 2. The van der Waals surface area contributed by atoms with Crippen LogP contribution in [-0.4, -0.2) is 9.97 Å². The Morgan fingerprint density at radius 3 is 2.44 bits per heavy atom. The first-order valence-electron chi connectivity index (χ1n) is 5.38. The first kappa shape index (κ1) is 11.4. The van der Waals surface area contributed by atoms with E-state index in [-0.39, 0.29) is 0 Å². The third-order valence-electron chi connectivity index (χ3n) is 2.51. The zero-order chi connectivity index (χ0) is 12.5. The third-order valence-corrected chi connectivity index (χ3v) is 2.95. The van der Waals surface area contributed by atoms with Crippen LogP contribution in [0.5, 0.6) is 0 Å². The molecule has 0 aliphatic carbocycles. The minimum absolute atomic E-state index is 0.584. The normalized spacial score (nSPS) is 10.8. The maximum atomic E-state index is 5.94. The van der Waals surface area contributed by atoms with Gasteiger partial charge in [0.2, 0.25) is 5.95 Å². The number of benzene rings is 2. The number of fused-ring (bicyclic) bond motifs is 1. The summed E-state index contributed by atoms with van der Waals surface area (Å²) < 4.78 is 0. The van der Waals surface area contributed by atoms with Crippen molar-refractivity contribution in [3.63, 3.8) is 0 Å². The molecule has 2 N–H and O–H groups in total. The summed E-state index contributed by atoms with van der Waals surface area (Å²) in [6, 6.07) is 13.1. The first-order valence-corrected chi connectivity index (χ1v) is 6.14. The van der Waals surface area contributed by atoms with E-state index in [1.807, 2.05) is 24.3 Å². The number of imidazole rings is 1. The Kier molecular flexibility index (Phi) is 2.86. The summed E-state index contributed by atoms with van der Waals surface area (Å²) in [5, 5.41) is 4.31. The fraction of sp³-hybridized carbons (Fsp3) is 0. The highest BCUT2D eigenvalue weighted by atomic mass is 35.5. The largest absolute Gasteiger partial charge is 0.326 e. The Morgan fingerprint density at radius 1 is 1.00 bits per heavy atom. The maximum Gasteiger partial charge on any atom is 0.205 e. The summed E-state index contributed by atoms with van der Waals surface area (Å²) in [4.78, 5) is 7.59. The Hall–Kier alpha value is -1.71. The number of H-pyrrole nitrogens is 1. The van der Waals surface area contributed by atoms with Crippen LogP contribution in [0.25, 0.3) is 11.0 Å². The van der Waals surface area contributed by atoms with Crippen molar-refractivity contribution in [2.45, 2.75) is 0 Å². The molecule has 3 rings (SSSR count). The smallest absolute Gasteiger partial charge is 0.205 e. The topological polar surface area (TPSA) is 40.7 Å². The van der Waals surface area contributed by atoms with Gasteiger partial charge in [0.1, 0.15) is 0 Å². The highest BCUT2D eigenvalue weighted by molar-refractivity contribution is 6.35. The lowest BCUT2D eigenvalue weighted by Crippen LogP contribution is -1.91. The average molecular weight is 278 g/mol. The maximum absolute atomic E-state index is 5.94. The molecule has 1 aromatic heterocycles. The molecule has 0 aliphatic rings. The van der Waals surface area contributed by atoms with E-state index >= 15 is 0 Å². The number of aromatic nitrogens is 2. The van der Waals surface area contributed by atoms with Gasteiger partial charge in [-0.05, 0) is 30.3 Å². The molecular weight excluding hydrogens is 269 g/mol. The van der Waals surface area contributed by atoms with Crippen LogP contribution in [0.3, 0.4) is 0 Å². The van der Waals surface area contributed by atoms with E-state index in [0.717, 1.165) is 16.7 Å². The van der Waals surface area contributed by atoms with E-state index in [0.29, 0.717) is 16.0 Å². The Balaban J connectivity index is 1.96. The Morgan fingerprint density at radius 2 is 1.72 bits per heavy atom. The van der Waals surface area contributed by atoms with Crippen molar-refractivity contribution < 1.29 is 0 Å². The molecule has 0 fully saturated rings. The molecule has 18 heavy (non-hydrogen) atoms. The van der Waals surface area contributed by atoms with Gasteiger partial charge in [-0.15, -0.1) is 0 Å². The van der Waals surface area contributed by atoms with Crippen LogP contribution in [0, 0.1) is 0 Å². The van der Waals surface area contributed by atoms with Gasteiger partial charge in [-0.1, -0.05) is 35.3 Å². The fourth-order valence-electron chi connectivity index (χ4n) is 1.77. The van der Waals surface area contributed by atoms with Crippen molar-refractivity contribution in [2.75, 3.05) is 5.32 Å². The zero-order valence-electron chi connectivity index (χ0n) is 9.24. The molecule has 0 atom stereocenters. The number of nitrogens with one attached hydrogen (secondary N) is 2. The number of rotatable bonds is 2. The molecule has 1 heterocycles. The molecule has 90 valence electrons. The van der Waals surface area contributed by atoms with Gasteiger partial charge in [0.15, 0.2) is 0 Å². The van der Waals surface area contributed by atoms with E-state index in [4.69, 9.17) is 23.2 Å². The highest BCUT2D eigenvalue weighted by Crippen LogP contribution is 2.25. The van der Waals surface area contributed by atoms with Gasteiger partial charge in [-0.3, -0.25) is 0 Å². The molecule has 3 nitrogen and oxygen atoms in total. The summed E-state index contributed by atoms with van der Waals surface area (Å²) >= 11 is 11.9. The number of aromatic amines is 1. The second kappa shape index (κ2) is 4.52. The molecule has 3 aromatic rings. The van der Waals surface area contributed by atoms with Crippen molar-refractivity contribution in [3.8, 4) is 0 Å². The minimum atomic E-state index is 0.584. The predicted molar refractivity (Wildman–Crippen MR) is 75.8 cm³/mol. The second-order valence-electron chi connectivity index (χ2n) is 3.89. The third kappa shape index (κ3) is 2.28. The molecule has 0 aliphatic heterocycles. The van der Waals surface area contributed by atoms with Crippen molar-refractivity contribution in [2.24, 2.45) is 0 Å². The molecule has 0 spiro atoms. The Labute approximate surface area is 114 Å². The van der Waals surface area contributed by atoms with E-state index in [1.165, 1.54) is 0 Å². The van der Waals surface area contributed by atoms with E-state index in [9.17, 15) is 0 Å². The number of anilines is 2. The van der Waals surface area contributed by atoms with Crippen molar-refractivity contribution in [3.05, 3.63) is 52.5 Å². The number of hydrogen-bond acceptors (Lipinski definition) is 2. The molecule has 0 bridgehead atoms. The summed E-state index contributed by atoms with van der Waals surface area (Å²) in [6.07, 6.45) is 0. The standard InChI is InChI=1S/C13H9Cl2N3/c14-8-5-9(15)7-10(6-8)16-13-17-11-3-1-2-4-12(11)18-13/h1-7H,(H2,16,17,18). The second-order valence-corrected chi connectivity index (χ2v) is 4.76. The Bertz CT molecular complexity index is 653. The molecule has 5 heteroatoms. The van der Waals surface area contributed by atoms with E-state index in [1.54, 1.807) is 18.2 Å². The zero-order valence-corrected chi connectivity index (χ0v) is 10.8. The molecule has 0 amide bonds. The lowest BCUT2D eigenvalue weighted by atomic mass is 10.3. The van der Waals surface area contributed by atoms with Crippen LogP contribution < -0.4 is 5.32 Å². The monoisotopic (exact) mass is 277 g/mol. The van der Waals surface area contributed by atoms with Gasteiger partial charge < -0.3 is 10.3 Å². The highest BCUT2D eigenvalue weighted by Gasteiger charge is 2.03. The quantitative estimate of drug-likeness (QED) is 0.718. The van der Waals surface area contributed by atoms with Crippen molar-refractivity contribution in [1.29, 1.82) is 0 Å². The average Bonchev–Trinajstić information content (AvgIpc) is 2.69. The first-order chi connectivity index (χ1) is 8.70. The van der Waals surface area contributed by atoms with Crippen molar-refractivity contribution in [1.82, 2.24) is 9.97 Å². The number of para-hydroxylation sites is 2. The van der Waals surface area contributed by atoms with E-state index < -0.39 is 0 Å². The summed E-state index contributed by atoms with van der Waals surface area (Å²) in [5.74, 6) is 0.662. The van der Waals surface area contributed by atoms with Crippen LogP contribution in [0.1, 0.15) is 0 Å². The summed E-state index contributed by atoms with van der Waals surface area (Å²) in [6.45, 7) is 0. The molecule has 0 unspecified atom stereocenters. The van der Waals surface area contributed by atoms with Crippen LogP contribution in [0.4, 0.5) is 11.6 Å². The number of nitrogens with zero attached hydrogens (tertiary/aromatic N) is 1. The SMILES string of the molecule is Clc1cc(Cl)cc(Nc2nc3ccccc3[nH]2)c1. The lowest BCUT2D eigenvalue weighted by Gasteiger charge is -2.03. The van der Waals surface area contributed by atoms with Gasteiger partial charge in [0, 0.05) is 15.7 Å².